The lowest BCUT2D eigenvalue weighted by Crippen LogP contribution is -2.43. The van der Waals surface area contributed by atoms with Gasteiger partial charge in [-0.05, 0) is 19.1 Å². The number of morpholine rings is 1. The van der Waals surface area contributed by atoms with Crippen molar-refractivity contribution in [3.05, 3.63) is 64.8 Å². The average molecular weight is 426 g/mol. The number of hydrogen-bond acceptors (Lipinski definition) is 7. The summed E-state index contributed by atoms with van der Waals surface area (Å²) in [4.78, 5) is 22.3. The number of hydrogen-bond donors (Lipinski definition) is 2. The highest BCUT2D eigenvalue weighted by atomic mass is 32.1. The molecule has 2 aliphatic heterocycles. The largest absolute Gasteiger partial charge is 0.379 e. The Balaban J connectivity index is 0.000000177. The maximum atomic E-state index is 11.8. The van der Waals surface area contributed by atoms with E-state index in [1.807, 2.05) is 48.9 Å². The van der Waals surface area contributed by atoms with Crippen LogP contribution in [0, 0.1) is 6.92 Å². The van der Waals surface area contributed by atoms with Crippen molar-refractivity contribution in [3.63, 3.8) is 0 Å². The number of nitrogens with zero attached hydrogens (tertiary/aromatic N) is 3. The Kier molecular flexibility index (Phi) is 8.31. The van der Waals surface area contributed by atoms with Gasteiger partial charge in [0, 0.05) is 48.4 Å². The summed E-state index contributed by atoms with van der Waals surface area (Å²) < 4.78 is 5.25. The average Bonchev–Trinajstić information content (AvgIpc) is 3.03. The third-order valence-electron chi connectivity index (χ3n) is 4.56. The number of aryl methyl sites for hydroxylation is 1. The van der Waals surface area contributed by atoms with Crippen molar-refractivity contribution >= 4 is 34.2 Å². The molecule has 0 atom stereocenters. The van der Waals surface area contributed by atoms with E-state index in [2.05, 4.69) is 26.3 Å². The van der Waals surface area contributed by atoms with Crippen molar-refractivity contribution in [3.8, 4) is 0 Å². The van der Waals surface area contributed by atoms with E-state index in [0.29, 0.717) is 17.4 Å². The molecule has 2 aliphatic rings. The molecule has 1 amide bonds. The maximum absolute atomic E-state index is 11.8. The fourth-order valence-corrected chi connectivity index (χ4v) is 3.39. The van der Waals surface area contributed by atoms with Crippen molar-refractivity contribution in [1.82, 2.24) is 15.2 Å². The van der Waals surface area contributed by atoms with Crippen LogP contribution in [0.4, 0.5) is 5.13 Å². The first kappa shape index (κ1) is 21.9. The summed E-state index contributed by atoms with van der Waals surface area (Å²) in [6.07, 6.45) is 8.61. The number of allylic oxidation sites excluding steroid dienone is 3. The Labute approximate surface area is 181 Å². The molecule has 1 aromatic carbocycles. The van der Waals surface area contributed by atoms with Crippen molar-refractivity contribution < 1.29 is 9.53 Å². The molecule has 8 heteroatoms. The van der Waals surface area contributed by atoms with Crippen molar-refractivity contribution in [2.75, 3.05) is 38.7 Å². The molecule has 7 nitrogen and oxygen atoms in total. The van der Waals surface area contributed by atoms with Gasteiger partial charge in [-0.2, -0.15) is 0 Å². The Morgan fingerprint density at radius 2 is 2.03 bits per heavy atom. The Morgan fingerprint density at radius 1 is 1.27 bits per heavy atom. The second-order valence-electron chi connectivity index (χ2n) is 6.89. The molecule has 1 saturated heterocycles. The molecule has 0 saturated carbocycles. The lowest BCUT2D eigenvalue weighted by atomic mass is 10.1. The zero-order valence-electron chi connectivity index (χ0n) is 17.1. The molecule has 1 aromatic heterocycles. The first-order valence-electron chi connectivity index (χ1n) is 9.86. The third kappa shape index (κ3) is 6.91. The number of carbonyl (C=O) groups excluding carboxylic acids is 1. The molecule has 3 N–H and O–H groups in total. The van der Waals surface area contributed by atoms with Gasteiger partial charge in [-0.1, -0.05) is 29.8 Å². The Hall–Kier alpha value is -2.81. The molecule has 4 rings (SSSR count). The molecule has 0 radical (unpaired) electrons. The van der Waals surface area contributed by atoms with Crippen LogP contribution in [0.1, 0.15) is 28.0 Å². The summed E-state index contributed by atoms with van der Waals surface area (Å²) in [7, 11) is 0. The van der Waals surface area contributed by atoms with Gasteiger partial charge in [0.05, 0.1) is 25.6 Å². The molecule has 0 aliphatic carbocycles. The molecule has 158 valence electrons. The highest BCUT2D eigenvalue weighted by Gasteiger charge is 2.11. The minimum absolute atomic E-state index is 0.0171. The lowest BCUT2D eigenvalue weighted by molar-refractivity contribution is 0.0334. The number of aliphatic imine (C=N–C) groups is 1. The number of amides is 1. The van der Waals surface area contributed by atoms with E-state index < -0.39 is 0 Å². The van der Waals surface area contributed by atoms with Gasteiger partial charge in [0.15, 0.2) is 5.13 Å². The summed E-state index contributed by atoms with van der Waals surface area (Å²) in [6.45, 7) is 5.87. The topological polar surface area (TPSA) is 92.8 Å². The summed E-state index contributed by atoms with van der Waals surface area (Å²) in [6, 6.07) is 7.60. The molecule has 3 heterocycles. The highest BCUT2D eigenvalue weighted by Crippen LogP contribution is 2.21. The number of nitrogens with two attached hydrogens (primary N) is 1. The van der Waals surface area contributed by atoms with Crippen LogP contribution in [-0.4, -0.2) is 55.0 Å². The predicted molar refractivity (Wildman–Crippen MR) is 123 cm³/mol. The molecular formula is C22H27N5O2S. The van der Waals surface area contributed by atoms with Crippen molar-refractivity contribution in [2.24, 2.45) is 4.99 Å². The third-order valence-corrected chi connectivity index (χ3v) is 5.23. The van der Waals surface area contributed by atoms with Crippen molar-refractivity contribution in [2.45, 2.75) is 13.3 Å². The van der Waals surface area contributed by atoms with Crippen molar-refractivity contribution in [1.29, 1.82) is 0 Å². The van der Waals surface area contributed by atoms with Crippen LogP contribution >= 0.6 is 11.3 Å². The van der Waals surface area contributed by atoms with Gasteiger partial charge in [0.2, 0.25) is 0 Å². The highest BCUT2D eigenvalue weighted by molar-refractivity contribution is 7.13. The molecule has 30 heavy (non-hydrogen) atoms. The van der Waals surface area contributed by atoms with Gasteiger partial charge < -0.3 is 15.8 Å². The maximum Gasteiger partial charge on any atom is 0.252 e. The number of carbonyl (C=O) groups is 1. The van der Waals surface area contributed by atoms with Gasteiger partial charge in [-0.3, -0.25) is 14.7 Å². The van der Waals surface area contributed by atoms with E-state index >= 15 is 0 Å². The smallest absolute Gasteiger partial charge is 0.252 e. The standard InChI is InChI=1S/C13H18N2O2.C9H9N3S/c1-11-2-4-12(5-3-11)13(16)14-10-15-6-8-17-9-7-15;10-9-12-8(6-13-9)7-3-1-2-4-11-5-7/h2-5H,6-10H2,1H3,(H,14,16);1,3-6H,2H2,(H2,10,12). The first-order valence-corrected chi connectivity index (χ1v) is 10.7. The Bertz CT molecular complexity index is 912. The minimum atomic E-state index is -0.0171. The summed E-state index contributed by atoms with van der Waals surface area (Å²) in [5.74, 6) is -0.0171. The number of rotatable bonds is 4. The number of nitrogens with one attached hydrogen (secondary N) is 1. The fraction of sp³-hybridized carbons (Fsp3) is 0.318. The second kappa shape index (κ2) is 11.4. The van der Waals surface area contributed by atoms with E-state index in [1.165, 1.54) is 11.3 Å². The van der Waals surface area contributed by atoms with E-state index in [9.17, 15) is 4.79 Å². The number of ether oxygens (including phenoxy) is 1. The molecule has 0 unspecified atom stereocenters. The lowest BCUT2D eigenvalue weighted by Gasteiger charge is -2.26. The summed E-state index contributed by atoms with van der Waals surface area (Å²) in [5.41, 5.74) is 9.33. The first-order chi connectivity index (χ1) is 14.6. The second-order valence-corrected chi connectivity index (χ2v) is 7.78. The predicted octanol–water partition coefficient (Wildman–Crippen LogP) is 3.11. The number of thiazole rings is 1. The molecular weight excluding hydrogens is 398 g/mol. The monoisotopic (exact) mass is 425 g/mol. The quantitative estimate of drug-likeness (QED) is 0.785. The number of aromatic nitrogens is 1. The van der Waals surface area contributed by atoms with Gasteiger partial charge >= 0.3 is 0 Å². The number of nitrogen functional groups attached to an aromatic ring is 1. The zero-order valence-corrected chi connectivity index (χ0v) is 17.9. The minimum Gasteiger partial charge on any atom is -0.379 e. The molecule has 0 spiro atoms. The van der Waals surface area contributed by atoms with Gasteiger partial charge in [-0.25, -0.2) is 4.98 Å². The molecule has 0 bridgehead atoms. The van der Waals surface area contributed by atoms with Crippen LogP contribution in [0.15, 0.2) is 53.0 Å². The summed E-state index contributed by atoms with van der Waals surface area (Å²) >= 11 is 1.44. The van der Waals surface area contributed by atoms with Crippen LogP contribution in [0.3, 0.4) is 0 Å². The van der Waals surface area contributed by atoms with Crippen LogP contribution in [0.5, 0.6) is 0 Å². The van der Waals surface area contributed by atoms with Gasteiger partial charge in [-0.15, -0.1) is 11.3 Å². The van der Waals surface area contributed by atoms with Crippen LogP contribution in [0.2, 0.25) is 0 Å². The Morgan fingerprint density at radius 3 is 2.73 bits per heavy atom. The van der Waals surface area contributed by atoms with Crippen LogP contribution < -0.4 is 11.1 Å². The van der Waals surface area contributed by atoms with E-state index in [1.54, 1.807) is 6.20 Å². The van der Waals surface area contributed by atoms with E-state index in [-0.39, 0.29) is 5.91 Å². The fourth-order valence-electron chi connectivity index (χ4n) is 2.81. The zero-order chi connectivity index (χ0) is 21.2. The van der Waals surface area contributed by atoms with Crippen LogP contribution in [0.25, 0.3) is 5.57 Å². The number of anilines is 1. The SMILES string of the molecule is Cc1ccc(C(=O)NCN2CCOCC2)cc1.Nc1nc(C2=CN=CCC=C2)cs1. The van der Waals surface area contributed by atoms with Crippen LogP contribution in [-0.2, 0) is 4.74 Å². The van der Waals surface area contributed by atoms with E-state index in [4.69, 9.17) is 10.5 Å². The molecule has 2 aromatic rings. The van der Waals surface area contributed by atoms with Gasteiger partial charge in [0.1, 0.15) is 0 Å². The van der Waals surface area contributed by atoms with E-state index in [0.717, 1.165) is 49.6 Å². The normalized spacial score (nSPS) is 16.2. The van der Waals surface area contributed by atoms with Gasteiger partial charge in [0.25, 0.3) is 5.91 Å². The molecule has 1 fully saturated rings. The number of benzene rings is 1. The summed E-state index contributed by atoms with van der Waals surface area (Å²) in [5, 5.41) is 5.45.